The second-order valence-electron chi connectivity index (χ2n) is 21.3. The molecular formula is C57H95N11O28S5. The molecule has 0 saturated carbocycles. The molecule has 0 aromatic carbocycles. The number of amides is 6. The molecule has 39 nitrogen and oxygen atoms in total. The monoisotopic (exact) mass is 1540 g/mol. The second-order valence-corrected chi connectivity index (χ2v) is 24.9. The van der Waals surface area contributed by atoms with Crippen LogP contribution in [-0.2, 0) is 91.0 Å². The predicted octanol–water partition coefficient (Wildman–Crippen LogP) is -3.09. The van der Waals surface area contributed by atoms with Crippen LogP contribution in [0.25, 0.3) is 0 Å². The molecule has 101 heavy (non-hydrogen) atoms. The number of thiol groups is 3. The SMILES string of the molecule is C.CC(=O)CCC(=O)[C@H](CS)NC(=O)CC[C@H](N)C(=O)O.CC(=O)CCC(=O)[C@H](CS)NC(=O)NC[C@H](N)C(=O)O.CC(=O)[C@@H](N)CCC(=O)C[C@@H](CSSC[C@H](NC(=O)CC[C@H](N)C(=O)O)C(=O)CCC(=O)O)C(=O)NCC(=O)O.N[C@@H](COC(=O)N[C@@H](CS)C(=O)CCC(=O)O)C(=O)O. The van der Waals surface area contributed by atoms with Crippen molar-refractivity contribution in [3.8, 4) is 0 Å². The average Bonchev–Trinajstić information content (AvgIpc) is 0.939. The Labute approximate surface area is 604 Å². The number of urea groups is 1. The van der Waals surface area contributed by atoms with Crippen molar-refractivity contribution < 1.29 is 136 Å². The first-order valence-corrected chi connectivity index (χ1v) is 34.2. The Morgan fingerprint density at radius 1 is 0.416 bits per heavy atom. The first kappa shape index (κ1) is 102. The third-order valence-corrected chi connectivity index (χ3v) is 16.2. The number of rotatable bonds is 51. The van der Waals surface area contributed by atoms with Crippen LogP contribution in [0.2, 0.25) is 0 Å². The Morgan fingerprint density at radius 2 is 0.792 bits per heavy atom. The number of Topliss-reactive ketones (excluding diaryl/α,β-unsaturated/α-hetero) is 8. The van der Waals surface area contributed by atoms with Gasteiger partial charge in [0.2, 0.25) is 17.7 Å². The van der Waals surface area contributed by atoms with Crippen molar-refractivity contribution in [1.29, 1.82) is 0 Å². The summed E-state index contributed by atoms with van der Waals surface area (Å²) in [7, 11) is 2.13. The molecule has 0 rings (SSSR count). The van der Waals surface area contributed by atoms with Gasteiger partial charge < -0.3 is 111 Å². The topological polar surface area (TPSA) is 695 Å². The minimum Gasteiger partial charge on any atom is -0.481 e. The zero-order chi connectivity index (χ0) is 77.9. The van der Waals surface area contributed by atoms with Gasteiger partial charge in [0.25, 0.3) is 0 Å². The van der Waals surface area contributed by atoms with Crippen LogP contribution < -0.4 is 60.6 Å². The molecule has 0 spiro atoms. The summed E-state index contributed by atoms with van der Waals surface area (Å²) in [6.45, 7) is 2.57. The van der Waals surface area contributed by atoms with Crippen LogP contribution >= 0.6 is 59.5 Å². The minimum atomic E-state index is -1.36. The largest absolute Gasteiger partial charge is 0.481 e. The van der Waals surface area contributed by atoms with Crippen molar-refractivity contribution in [3.63, 3.8) is 0 Å². The minimum absolute atomic E-state index is 0. The molecule has 0 bridgehead atoms. The molecule has 23 N–H and O–H groups in total. The third-order valence-electron chi connectivity index (χ3n) is 12.6. The van der Waals surface area contributed by atoms with Crippen molar-refractivity contribution in [2.24, 2.45) is 34.6 Å². The normalized spacial score (nSPS) is 13.3. The Hall–Kier alpha value is -7.85. The van der Waals surface area contributed by atoms with Gasteiger partial charge in [-0.25, -0.2) is 9.59 Å². The van der Waals surface area contributed by atoms with E-state index in [2.05, 4.69) is 74.5 Å². The third kappa shape index (κ3) is 56.5. The molecule has 0 aliphatic carbocycles. The van der Waals surface area contributed by atoms with E-state index in [1.807, 2.05) is 0 Å². The number of hydrogen-bond acceptors (Lipinski definition) is 31. The highest BCUT2D eigenvalue weighted by molar-refractivity contribution is 8.76. The van der Waals surface area contributed by atoms with Crippen molar-refractivity contribution in [1.82, 2.24) is 31.9 Å². The van der Waals surface area contributed by atoms with Gasteiger partial charge in [0, 0.05) is 99.5 Å². The van der Waals surface area contributed by atoms with Crippen LogP contribution in [0.4, 0.5) is 9.59 Å². The van der Waals surface area contributed by atoms with E-state index in [1.54, 1.807) is 0 Å². The Kier molecular flexibility index (Phi) is 59.2. The molecule has 0 aliphatic heterocycles. The van der Waals surface area contributed by atoms with E-state index in [-0.39, 0.29) is 167 Å². The highest BCUT2D eigenvalue weighted by Crippen LogP contribution is 2.27. The molecule has 0 aromatic heterocycles. The summed E-state index contributed by atoms with van der Waals surface area (Å²) in [6.07, 6.45) is -2.92. The fourth-order valence-electron chi connectivity index (χ4n) is 6.61. The fraction of sp³-hybridized carbons (Fsp3) is 0.649. The summed E-state index contributed by atoms with van der Waals surface area (Å²) in [6, 6.07) is -10.2. The molecule has 44 heteroatoms. The zero-order valence-electron chi connectivity index (χ0n) is 54.8. The van der Waals surface area contributed by atoms with Crippen LogP contribution in [0.3, 0.4) is 0 Å². The lowest BCUT2D eigenvalue weighted by Gasteiger charge is -2.19. The van der Waals surface area contributed by atoms with Crippen LogP contribution in [-0.4, -0.2) is 256 Å². The maximum absolute atomic E-state index is 12.5. The van der Waals surface area contributed by atoms with Crippen molar-refractivity contribution in [2.75, 3.05) is 48.5 Å². The lowest BCUT2D eigenvalue weighted by molar-refractivity contribution is -0.140. The van der Waals surface area contributed by atoms with Crippen LogP contribution in [0.1, 0.15) is 125 Å². The van der Waals surface area contributed by atoms with E-state index in [4.69, 9.17) is 64.4 Å². The van der Waals surface area contributed by atoms with Crippen LogP contribution in [0.5, 0.6) is 0 Å². The number of ketones is 8. The smallest absolute Gasteiger partial charge is 0.407 e. The highest BCUT2D eigenvalue weighted by Gasteiger charge is 2.28. The maximum atomic E-state index is 12.5. The lowest BCUT2D eigenvalue weighted by atomic mass is 9.98. The number of alkyl carbamates (subject to hydrolysis) is 1. The number of carboxylic acids is 7. The van der Waals surface area contributed by atoms with Crippen LogP contribution in [0, 0.1) is 5.92 Å². The summed E-state index contributed by atoms with van der Waals surface area (Å²) >= 11 is 11.8. The van der Waals surface area contributed by atoms with Crippen molar-refractivity contribution >= 4 is 177 Å². The second kappa shape index (κ2) is 58.8. The molecule has 0 heterocycles. The number of ether oxygens (including phenoxy) is 1. The van der Waals surface area contributed by atoms with Gasteiger partial charge in [0.05, 0.1) is 49.0 Å². The highest BCUT2D eigenvalue weighted by atomic mass is 33.1. The van der Waals surface area contributed by atoms with E-state index in [9.17, 15) is 95.9 Å². The Balaban J connectivity index is -0.000000430. The first-order chi connectivity index (χ1) is 46.5. The number of nitrogens with one attached hydrogen (secondary N) is 6. The molecule has 576 valence electrons. The molecule has 10 atom stereocenters. The number of nitrogens with two attached hydrogens (primary N) is 5. The molecule has 0 saturated heterocycles. The van der Waals surface area contributed by atoms with Gasteiger partial charge in [-0.2, -0.15) is 37.9 Å². The van der Waals surface area contributed by atoms with Gasteiger partial charge in [-0.3, -0.25) is 76.7 Å². The summed E-state index contributed by atoms with van der Waals surface area (Å²) in [5.74, 6) is -13.8. The molecule has 6 amide bonds. The number of aliphatic carboxylic acids is 7. The molecule has 0 fully saturated rings. The lowest BCUT2D eigenvalue weighted by Crippen LogP contribution is -2.50. The summed E-state index contributed by atoms with van der Waals surface area (Å²) < 4.78 is 4.51. The summed E-state index contributed by atoms with van der Waals surface area (Å²) in [4.78, 5) is 226. The Bertz CT molecular complexity index is 2560. The van der Waals surface area contributed by atoms with E-state index in [0.717, 1.165) is 21.6 Å². The predicted molar refractivity (Wildman–Crippen MR) is 372 cm³/mol. The van der Waals surface area contributed by atoms with Gasteiger partial charge >= 0.3 is 53.9 Å². The summed E-state index contributed by atoms with van der Waals surface area (Å²) in [5.41, 5.74) is 26.6. The van der Waals surface area contributed by atoms with Gasteiger partial charge in [0.15, 0.2) is 23.1 Å². The molecule has 0 aromatic rings. The molecular weight excluding hydrogens is 1450 g/mol. The quantitative estimate of drug-likeness (QED) is 0.0163. The Morgan fingerprint density at radius 3 is 1.18 bits per heavy atom. The zero-order valence-corrected chi connectivity index (χ0v) is 59.1. The average molecular weight is 1540 g/mol. The van der Waals surface area contributed by atoms with E-state index < -0.39 is 163 Å². The van der Waals surface area contributed by atoms with E-state index in [1.165, 1.54) is 20.8 Å². The van der Waals surface area contributed by atoms with E-state index >= 15 is 0 Å². The van der Waals surface area contributed by atoms with Gasteiger partial charge in [-0.1, -0.05) is 29.0 Å². The number of hydrogen-bond donors (Lipinski definition) is 21. The number of carboxylic acid groups (broad SMARTS) is 7. The molecule has 0 aliphatic rings. The van der Waals surface area contributed by atoms with Gasteiger partial charge in [0.1, 0.15) is 60.5 Å². The first-order valence-electron chi connectivity index (χ1n) is 29.8. The fourth-order valence-corrected chi connectivity index (χ4v) is 10.00. The summed E-state index contributed by atoms with van der Waals surface area (Å²) in [5, 5.41) is 74.4. The van der Waals surface area contributed by atoms with Crippen molar-refractivity contribution in [3.05, 3.63) is 0 Å². The number of carbonyl (C=O) groups is 20. The molecule has 0 radical (unpaired) electrons. The van der Waals surface area contributed by atoms with E-state index in [0.29, 0.717) is 0 Å². The van der Waals surface area contributed by atoms with Gasteiger partial charge in [-0.05, 0) is 40.0 Å². The molecule has 0 unspecified atom stereocenters. The number of carbonyl (C=O) groups excluding carboxylic acids is 13. The van der Waals surface area contributed by atoms with Gasteiger partial charge in [-0.15, -0.1) is 0 Å². The standard InChI is InChI=1S/C23H36N4O11S2.C12H20N2O5S.C11H19N3O5S.C10H16N2O7S.CH4/c1-12(28)15(24)3-2-14(29)8-13(22(36)26-9-21(34)35)10-39-40-11-17(18(30)5-7-20(32)33)27-19(31)6-4-16(25)23(37)38;1-7(15)2-4-10(16)9(6-20)14-11(17)5-3-8(13)12(18)19;1-6(15)2-3-9(16)8(5-20)14-11(19)13-4-7(12)10(17)18;11-5(9(16)17)3-19-10(18)12-6(4-20)7(13)1-2-8(14)15;/h13,15-17H,2-11,24-25H2,1H3,(H,26,36)(H,27,31)(H,32,33)(H,34,35)(H,37,38);8-9,20H,2-6,13H2,1H3,(H,14,17)(H,18,19);7-8,20H,2-5,12H2,1H3,(H,17,18)(H2,13,14,19);5-6,20H,1-4,11H2,(H,12,18)(H,14,15)(H,16,17);1H4/t13-,15-,16-,17-;8-,9-;7-,8-;5-,6-;/m0000./s1. The van der Waals surface area contributed by atoms with Crippen molar-refractivity contribution in [2.45, 2.75) is 179 Å². The maximum Gasteiger partial charge on any atom is 0.407 e. The van der Waals surface area contributed by atoms with Crippen LogP contribution in [0.15, 0.2) is 0 Å².